The zero-order valence-electron chi connectivity index (χ0n) is 19.6. The first-order valence-corrected chi connectivity index (χ1v) is 10.9. The van der Waals surface area contributed by atoms with Crippen LogP contribution in [-0.4, -0.2) is 45.1 Å². The van der Waals surface area contributed by atoms with Gasteiger partial charge in [0.05, 0.1) is 16.8 Å². The molecule has 36 heavy (non-hydrogen) atoms. The Hall–Kier alpha value is -3.73. The number of pyridine rings is 2. The van der Waals surface area contributed by atoms with Gasteiger partial charge in [0.1, 0.15) is 18.7 Å². The molecule has 4 rings (SSSR count). The highest BCUT2D eigenvalue weighted by Gasteiger charge is 2.28. The molecule has 0 spiro atoms. The van der Waals surface area contributed by atoms with E-state index in [-0.39, 0.29) is 25.0 Å². The van der Waals surface area contributed by atoms with Crippen LogP contribution in [-0.2, 0) is 0 Å². The molecule has 4 aromatic rings. The van der Waals surface area contributed by atoms with Gasteiger partial charge in [-0.1, -0.05) is 25.1 Å². The van der Waals surface area contributed by atoms with Crippen LogP contribution in [0.5, 0.6) is 0 Å². The lowest BCUT2D eigenvalue weighted by atomic mass is 9.96. The topological polar surface area (TPSA) is 92.7 Å². The summed E-state index contributed by atoms with van der Waals surface area (Å²) in [5, 5.41) is 5.72. The van der Waals surface area contributed by atoms with Crippen molar-refractivity contribution in [3.05, 3.63) is 78.0 Å². The fourth-order valence-electron chi connectivity index (χ4n) is 3.67. The van der Waals surface area contributed by atoms with Gasteiger partial charge in [-0.25, -0.2) is 9.97 Å². The van der Waals surface area contributed by atoms with Crippen LogP contribution in [0.15, 0.2) is 61.2 Å². The molecule has 7 nitrogen and oxygen atoms in total. The summed E-state index contributed by atoms with van der Waals surface area (Å²) in [6.07, 6.45) is 0.184. The molecule has 0 bridgehead atoms. The predicted octanol–water partition coefficient (Wildman–Crippen LogP) is 5.02. The van der Waals surface area contributed by atoms with Gasteiger partial charge >= 0.3 is 6.18 Å². The first-order chi connectivity index (χ1) is 16.7. The van der Waals surface area contributed by atoms with E-state index in [0.717, 1.165) is 22.5 Å². The average molecular weight is 515 g/mol. The van der Waals surface area contributed by atoms with Crippen molar-refractivity contribution in [2.75, 3.05) is 18.4 Å². The lowest BCUT2D eigenvalue weighted by Gasteiger charge is -2.17. The van der Waals surface area contributed by atoms with E-state index < -0.39 is 18.6 Å². The van der Waals surface area contributed by atoms with Crippen LogP contribution in [0.2, 0.25) is 0 Å². The second kappa shape index (κ2) is 11.3. The van der Waals surface area contributed by atoms with Crippen LogP contribution in [0.1, 0.15) is 34.5 Å². The van der Waals surface area contributed by atoms with Crippen LogP contribution in [0, 0.1) is 6.92 Å². The van der Waals surface area contributed by atoms with Gasteiger partial charge in [0.25, 0.3) is 5.91 Å². The van der Waals surface area contributed by atoms with Gasteiger partial charge in [0.2, 0.25) is 0 Å². The number of anilines is 1. The molecule has 0 radical (unpaired) electrons. The van der Waals surface area contributed by atoms with Crippen molar-refractivity contribution in [2.24, 2.45) is 0 Å². The molecule has 2 N–H and O–H groups in total. The summed E-state index contributed by atoms with van der Waals surface area (Å²) in [6, 6.07) is 12.5. The molecule has 1 atom stereocenters. The molecule has 188 valence electrons. The molecular weight excluding hydrogens is 489 g/mol. The number of carbonyl (C=O) groups excluding carboxylic acids is 1. The van der Waals surface area contributed by atoms with Crippen LogP contribution in [0.25, 0.3) is 22.2 Å². The van der Waals surface area contributed by atoms with E-state index in [1.807, 2.05) is 43.4 Å². The predicted molar refractivity (Wildman–Crippen MR) is 137 cm³/mol. The monoisotopic (exact) mass is 514 g/mol. The minimum absolute atomic E-state index is 0. The van der Waals surface area contributed by atoms with Crippen molar-refractivity contribution in [1.82, 2.24) is 25.3 Å². The van der Waals surface area contributed by atoms with Crippen molar-refractivity contribution in [2.45, 2.75) is 25.9 Å². The maximum Gasteiger partial charge on any atom is 0.405 e. The largest absolute Gasteiger partial charge is 0.405 e. The third-order valence-corrected chi connectivity index (χ3v) is 5.49. The number of aryl methyl sites for hydroxylation is 1. The maximum absolute atomic E-state index is 12.5. The summed E-state index contributed by atoms with van der Waals surface area (Å²) in [7, 11) is 0. The molecule has 0 aliphatic heterocycles. The Balaban J connectivity index is 0.00000361. The third-order valence-electron chi connectivity index (χ3n) is 5.49. The van der Waals surface area contributed by atoms with E-state index in [9.17, 15) is 18.0 Å². The summed E-state index contributed by atoms with van der Waals surface area (Å²) >= 11 is 0. The van der Waals surface area contributed by atoms with Crippen molar-refractivity contribution in [3.63, 3.8) is 0 Å². The quantitative estimate of drug-likeness (QED) is 0.360. The SMILES string of the molecule is Cc1ccc(-c2cc(NC[C@@H](C)c3cccc4c(C(=O)NCC(F)(F)F)ccnc34)ncn2)cn1.S. The van der Waals surface area contributed by atoms with Gasteiger partial charge in [-0.15, -0.1) is 0 Å². The van der Waals surface area contributed by atoms with E-state index in [4.69, 9.17) is 0 Å². The van der Waals surface area contributed by atoms with E-state index in [1.54, 1.807) is 18.3 Å². The Morgan fingerprint density at radius 2 is 1.86 bits per heavy atom. The van der Waals surface area contributed by atoms with E-state index >= 15 is 0 Å². The molecule has 11 heteroatoms. The van der Waals surface area contributed by atoms with Crippen LogP contribution in [0.4, 0.5) is 19.0 Å². The Bertz CT molecular complexity index is 1350. The zero-order chi connectivity index (χ0) is 25.0. The Morgan fingerprint density at radius 1 is 1.06 bits per heavy atom. The highest BCUT2D eigenvalue weighted by Crippen LogP contribution is 2.27. The van der Waals surface area contributed by atoms with Gasteiger partial charge in [0, 0.05) is 47.6 Å². The van der Waals surface area contributed by atoms with Gasteiger partial charge in [-0.05, 0) is 30.7 Å². The normalized spacial score (nSPS) is 12.0. The zero-order valence-corrected chi connectivity index (χ0v) is 20.6. The molecule has 0 aliphatic carbocycles. The Morgan fingerprint density at radius 3 is 2.58 bits per heavy atom. The van der Waals surface area contributed by atoms with E-state index in [2.05, 4.69) is 25.3 Å². The van der Waals surface area contributed by atoms with E-state index in [1.165, 1.54) is 18.6 Å². The minimum Gasteiger partial charge on any atom is -0.369 e. The number of nitrogens with one attached hydrogen (secondary N) is 2. The third kappa shape index (κ3) is 6.48. The number of nitrogens with zero attached hydrogens (tertiary/aromatic N) is 4. The average Bonchev–Trinajstić information content (AvgIpc) is 2.85. The highest BCUT2D eigenvalue weighted by atomic mass is 32.1. The summed E-state index contributed by atoms with van der Waals surface area (Å²) in [6.45, 7) is 3.02. The molecular formula is C25H25F3N6OS. The number of alkyl halides is 3. The number of aromatic nitrogens is 4. The van der Waals surface area contributed by atoms with Crippen molar-refractivity contribution < 1.29 is 18.0 Å². The molecule has 0 fully saturated rings. The summed E-state index contributed by atoms with van der Waals surface area (Å²) in [4.78, 5) is 29.7. The lowest BCUT2D eigenvalue weighted by molar-refractivity contribution is -0.123. The molecule has 0 saturated heterocycles. The maximum atomic E-state index is 12.5. The second-order valence-electron chi connectivity index (χ2n) is 8.16. The van der Waals surface area contributed by atoms with Crippen LogP contribution in [0.3, 0.4) is 0 Å². The number of hydrogen-bond acceptors (Lipinski definition) is 6. The van der Waals surface area contributed by atoms with Crippen molar-refractivity contribution in [1.29, 1.82) is 0 Å². The van der Waals surface area contributed by atoms with Crippen molar-refractivity contribution >= 4 is 36.1 Å². The Labute approximate surface area is 213 Å². The number of halogens is 3. The molecule has 0 saturated carbocycles. The number of rotatable bonds is 7. The van der Waals surface area contributed by atoms with E-state index in [0.29, 0.717) is 23.3 Å². The number of fused-ring (bicyclic) bond motifs is 1. The first kappa shape index (κ1) is 26.9. The number of para-hydroxylation sites is 1. The number of amides is 1. The van der Waals surface area contributed by atoms with Crippen molar-refractivity contribution in [3.8, 4) is 11.3 Å². The lowest BCUT2D eigenvalue weighted by Crippen LogP contribution is -2.33. The summed E-state index contributed by atoms with van der Waals surface area (Å²) in [5.41, 5.74) is 4.11. The van der Waals surface area contributed by atoms with Crippen LogP contribution < -0.4 is 10.6 Å². The fourth-order valence-corrected chi connectivity index (χ4v) is 3.67. The summed E-state index contributed by atoms with van der Waals surface area (Å²) < 4.78 is 37.6. The number of hydrogen-bond donors (Lipinski definition) is 2. The molecule has 0 aliphatic rings. The highest BCUT2D eigenvalue weighted by molar-refractivity contribution is 7.59. The molecule has 1 aromatic carbocycles. The number of carbonyl (C=O) groups is 1. The smallest absolute Gasteiger partial charge is 0.369 e. The van der Waals surface area contributed by atoms with Gasteiger partial charge < -0.3 is 10.6 Å². The second-order valence-corrected chi connectivity index (χ2v) is 8.16. The molecule has 3 heterocycles. The van der Waals surface area contributed by atoms with Gasteiger partial charge in [-0.2, -0.15) is 26.7 Å². The molecule has 0 unspecified atom stereocenters. The Kier molecular flexibility index (Phi) is 8.46. The minimum atomic E-state index is -4.49. The fraction of sp³-hybridized carbons (Fsp3) is 0.240. The summed E-state index contributed by atoms with van der Waals surface area (Å²) in [5.74, 6) is -0.196. The first-order valence-electron chi connectivity index (χ1n) is 10.9. The van der Waals surface area contributed by atoms with Gasteiger partial charge in [-0.3, -0.25) is 14.8 Å². The van der Waals surface area contributed by atoms with Gasteiger partial charge in [0.15, 0.2) is 0 Å². The molecule has 1 amide bonds. The number of benzene rings is 1. The molecule has 3 aromatic heterocycles. The van der Waals surface area contributed by atoms with Crippen LogP contribution >= 0.6 is 13.5 Å². The standard InChI is InChI=1S/C25H23F3N6O.H2S/c1-15(11-31-22-10-21(33-14-34-22)17-7-6-16(2)30-12-17)18-4-3-5-19-20(8-9-29-23(18)19)24(35)32-13-25(26,27)28;/h3-10,12,14-15H,11,13H2,1-2H3,(H,32,35)(H,31,33,34);1H2/t15-;/m1./s1.